The Bertz CT molecular complexity index is 951. The number of carbonyl (C=O) groups is 1. The van der Waals surface area contributed by atoms with Crippen LogP contribution in [0.5, 0.6) is 0 Å². The lowest BCUT2D eigenvalue weighted by atomic mass is 10.1. The van der Waals surface area contributed by atoms with E-state index >= 15 is 0 Å². The van der Waals surface area contributed by atoms with E-state index in [1.165, 1.54) is 0 Å². The number of ketones is 1. The lowest BCUT2D eigenvalue weighted by Gasteiger charge is -2.12. The molecule has 24 heavy (non-hydrogen) atoms. The Morgan fingerprint density at radius 2 is 1.83 bits per heavy atom. The van der Waals surface area contributed by atoms with Gasteiger partial charge >= 0.3 is 0 Å². The third-order valence-electron chi connectivity index (χ3n) is 3.94. The van der Waals surface area contributed by atoms with Gasteiger partial charge in [-0.05, 0) is 49.2 Å². The first-order valence-electron chi connectivity index (χ1n) is 7.56. The van der Waals surface area contributed by atoms with Crippen LogP contribution in [0, 0.1) is 6.92 Å². The van der Waals surface area contributed by atoms with Crippen LogP contribution in [-0.2, 0) is 0 Å². The van der Waals surface area contributed by atoms with Crippen molar-refractivity contribution in [3.63, 3.8) is 0 Å². The van der Waals surface area contributed by atoms with Crippen molar-refractivity contribution in [1.82, 2.24) is 4.57 Å². The molecule has 0 atom stereocenters. The normalized spacial score (nSPS) is 10.2. The number of azide groups is 1. The molecule has 1 aromatic heterocycles. The molecule has 0 aliphatic heterocycles. The topological polar surface area (TPSA) is 70.8 Å². The minimum absolute atomic E-state index is 0.0228. The van der Waals surface area contributed by atoms with Crippen molar-refractivity contribution in [1.29, 1.82) is 0 Å². The van der Waals surface area contributed by atoms with Gasteiger partial charge in [-0.2, -0.15) is 0 Å². The standard InChI is InChI=1S/C19H16N4O/c1-13-18(14(2)24)12-19(23(13)17-9-4-3-5-10-17)15-7-6-8-16(11-15)21-22-20/h3-12H,1-2H3. The van der Waals surface area contributed by atoms with E-state index in [2.05, 4.69) is 10.0 Å². The average Bonchev–Trinajstić information content (AvgIpc) is 2.94. The molecule has 0 unspecified atom stereocenters. The summed E-state index contributed by atoms with van der Waals surface area (Å²) in [6, 6.07) is 19.1. The molecule has 0 radical (unpaired) electrons. The van der Waals surface area contributed by atoms with E-state index < -0.39 is 0 Å². The monoisotopic (exact) mass is 316 g/mol. The SMILES string of the molecule is CC(=O)c1cc(-c2cccc(N=[N+]=[N-])c2)n(-c2ccccc2)c1C. The third-order valence-corrected chi connectivity index (χ3v) is 3.94. The van der Waals surface area contributed by atoms with Gasteiger partial charge in [-0.25, -0.2) is 0 Å². The van der Waals surface area contributed by atoms with Gasteiger partial charge in [-0.15, -0.1) is 0 Å². The van der Waals surface area contributed by atoms with Gasteiger partial charge in [-0.3, -0.25) is 4.79 Å². The number of Topliss-reactive ketones (excluding diaryl/α,β-unsaturated/α-hetero) is 1. The molecule has 0 saturated heterocycles. The van der Waals surface area contributed by atoms with Crippen LogP contribution in [-0.4, -0.2) is 10.4 Å². The van der Waals surface area contributed by atoms with Crippen molar-refractivity contribution in [2.75, 3.05) is 0 Å². The van der Waals surface area contributed by atoms with Crippen LogP contribution in [0.3, 0.4) is 0 Å². The number of hydrogen-bond acceptors (Lipinski definition) is 2. The Hall–Kier alpha value is -3.30. The van der Waals surface area contributed by atoms with E-state index in [1.807, 2.05) is 66.1 Å². The molecule has 2 aromatic carbocycles. The van der Waals surface area contributed by atoms with Crippen LogP contribution in [0.15, 0.2) is 65.8 Å². The van der Waals surface area contributed by atoms with Gasteiger partial charge in [0, 0.05) is 27.5 Å². The van der Waals surface area contributed by atoms with Crippen molar-refractivity contribution in [3.05, 3.63) is 82.4 Å². The first kappa shape index (κ1) is 15.6. The van der Waals surface area contributed by atoms with Gasteiger partial charge in [0.15, 0.2) is 5.78 Å². The van der Waals surface area contributed by atoms with E-state index in [0.717, 1.165) is 22.6 Å². The van der Waals surface area contributed by atoms with Crippen LogP contribution in [0.25, 0.3) is 27.4 Å². The predicted octanol–water partition coefficient (Wildman–Crippen LogP) is 5.60. The zero-order valence-corrected chi connectivity index (χ0v) is 13.5. The quantitative estimate of drug-likeness (QED) is 0.267. The molecule has 0 amide bonds. The summed E-state index contributed by atoms with van der Waals surface area (Å²) >= 11 is 0. The highest BCUT2D eigenvalue weighted by Crippen LogP contribution is 2.31. The number of benzene rings is 2. The first-order valence-corrected chi connectivity index (χ1v) is 7.56. The van der Waals surface area contributed by atoms with Crippen molar-refractivity contribution < 1.29 is 4.79 Å². The Morgan fingerprint density at radius 3 is 2.50 bits per heavy atom. The van der Waals surface area contributed by atoms with Crippen molar-refractivity contribution in [2.45, 2.75) is 13.8 Å². The Morgan fingerprint density at radius 1 is 1.08 bits per heavy atom. The van der Waals surface area contributed by atoms with E-state index in [9.17, 15) is 4.79 Å². The van der Waals surface area contributed by atoms with Crippen LogP contribution in [0.2, 0.25) is 0 Å². The molecule has 3 aromatic rings. The average molecular weight is 316 g/mol. The molecule has 1 heterocycles. The maximum Gasteiger partial charge on any atom is 0.161 e. The predicted molar refractivity (Wildman–Crippen MR) is 94.8 cm³/mol. The number of rotatable bonds is 4. The molecule has 5 heteroatoms. The van der Waals surface area contributed by atoms with Crippen molar-refractivity contribution in [2.24, 2.45) is 5.11 Å². The Balaban J connectivity index is 2.28. The summed E-state index contributed by atoms with van der Waals surface area (Å²) in [5.74, 6) is 0.0228. The molecule has 118 valence electrons. The van der Waals surface area contributed by atoms with Gasteiger partial charge in [0.1, 0.15) is 0 Å². The zero-order valence-electron chi connectivity index (χ0n) is 13.5. The molecule has 0 aliphatic carbocycles. The van der Waals surface area contributed by atoms with Gasteiger partial charge in [0.25, 0.3) is 0 Å². The molecule has 0 aliphatic rings. The lowest BCUT2D eigenvalue weighted by Crippen LogP contribution is -2.01. The maximum atomic E-state index is 12.0. The van der Waals surface area contributed by atoms with Crippen molar-refractivity contribution >= 4 is 11.5 Å². The van der Waals surface area contributed by atoms with Gasteiger partial charge in [-0.1, -0.05) is 41.5 Å². The molecule has 5 nitrogen and oxygen atoms in total. The minimum atomic E-state index is 0.0228. The number of para-hydroxylation sites is 1. The fraction of sp³-hybridized carbons (Fsp3) is 0.105. The molecule has 0 N–H and O–H groups in total. The fourth-order valence-electron chi connectivity index (χ4n) is 2.86. The molecule has 3 rings (SSSR count). The largest absolute Gasteiger partial charge is 0.313 e. The summed E-state index contributed by atoms with van der Waals surface area (Å²) in [4.78, 5) is 14.8. The fourth-order valence-corrected chi connectivity index (χ4v) is 2.86. The first-order chi connectivity index (χ1) is 11.6. The van der Waals surface area contributed by atoms with Gasteiger partial charge in [0.2, 0.25) is 0 Å². The zero-order chi connectivity index (χ0) is 17.1. The van der Waals surface area contributed by atoms with Crippen LogP contribution < -0.4 is 0 Å². The highest BCUT2D eigenvalue weighted by molar-refractivity contribution is 5.97. The number of hydrogen-bond donors (Lipinski definition) is 0. The molecular formula is C19H16N4O. The summed E-state index contributed by atoms with van der Waals surface area (Å²) in [6.07, 6.45) is 0. The molecule has 0 bridgehead atoms. The molecule has 0 saturated carbocycles. The summed E-state index contributed by atoms with van der Waals surface area (Å²) in [5, 5.41) is 3.66. The molecule has 0 fully saturated rings. The summed E-state index contributed by atoms with van der Waals surface area (Å²) < 4.78 is 2.05. The van der Waals surface area contributed by atoms with E-state index in [4.69, 9.17) is 5.53 Å². The molecule has 0 spiro atoms. The lowest BCUT2D eigenvalue weighted by molar-refractivity contribution is 0.101. The second-order valence-corrected chi connectivity index (χ2v) is 5.50. The summed E-state index contributed by atoms with van der Waals surface area (Å²) in [7, 11) is 0. The third kappa shape index (κ3) is 2.81. The summed E-state index contributed by atoms with van der Waals surface area (Å²) in [6.45, 7) is 3.50. The summed E-state index contributed by atoms with van der Waals surface area (Å²) in [5.41, 5.74) is 13.5. The second kappa shape index (κ2) is 6.44. The maximum absolute atomic E-state index is 12.0. The van der Waals surface area contributed by atoms with Gasteiger partial charge < -0.3 is 4.57 Å². The smallest absolute Gasteiger partial charge is 0.161 e. The Kier molecular flexibility index (Phi) is 4.18. The Labute approximate surface area is 139 Å². The molecular weight excluding hydrogens is 300 g/mol. The van der Waals surface area contributed by atoms with Crippen LogP contribution in [0.1, 0.15) is 23.0 Å². The van der Waals surface area contributed by atoms with Crippen molar-refractivity contribution in [3.8, 4) is 16.9 Å². The van der Waals surface area contributed by atoms with E-state index in [-0.39, 0.29) is 5.78 Å². The highest BCUT2D eigenvalue weighted by Gasteiger charge is 2.17. The second-order valence-electron chi connectivity index (χ2n) is 5.50. The highest BCUT2D eigenvalue weighted by atomic mass is 16.1. The number of nitrogens with zero attached hydrogens (tertiary/aromatic N) is 4. The van der Waals surface area contributed by atoms with E-state index in [0.29, 0.717) is 11.3 Å². The van der Waals surface area contributed by atoms with E-state index in [1.54, 1.807) is 13.0 Å². The minimum Gasteiger partial charge on any atom is -0.313 e. The number of aromatic nitrogens is 1. The van der Waals surface area contributed by atoms with Crippen LogP contribution >= 0.6 is 0 Å². The van der Waals surface area contributed by atoms with Gasteiger partial charge in [0.05, 0.1) is 5.69 Å². The number of carbonyl (C=O) groups excluding carboxylic acids is 1. The van der Waals surface area contributed by atoms with Crippen LogP contribution in [0.4, 0.5) is 5.69 Å².